The third kappa shape index (κ3) is 8.49. The standard InChI is InChI=1S/C28H52O3Si2/c1-13-15-16-18-22(30-32(9,10)27(3,4)5)19-20-24-23(17-14-2)25(29)21-26(24)31-33(11,12)28(6,7)8/h2,19-20,22-24,26H,13,15-18,21H2,1,3-12H3/b20-19+/t22-,23+,24+,26+/m0/s1. The van der Waals surface area contributed by atoms with Gasteiger partial charge in [-0.2, -0.15) is 0 Å². The minimum Gasteiger partial charge on any atom is -0.413 e. The Balaban J connectivity index is 3.21. The topological polar surface area (TPSA) is 35.5 Å². The Morgan fingerprint density at radius 1 is 1.06 bits per heavy atom. The summed E-state index contributed by atoms with van der Waals surface area (Å²) in [6, 6.07) is 0. The fourth-order valence-corrected chi connectivity index (χ4v) is 6.53. The van der Waals surface area contributed by atoms with Crippen molar-refractivity contribution < 1.29 is 13.6 Å². The molecule has 0 heterocycles. The number of ketones is 1. The second-order valence-electron chi connectivity index (χ2n) is 13.0. The number of hydrogen-bond acceptors (Lipinski definition) is 3. The molecule has 3 nitrogen and oxygen atoms in total. The monoisotopic (exact) mass is 492 g/mol. The molecule has 0 aromatic heterocycles. The van der Waals surface area contributed by atoms with Gasteiger partial charge in [0.05, 0.1) is 12.2 Å². The molecule has 0 saturated heterocycles. The Hall–Kier alpha value is -0.676. The van der Waals surface area contributed by atoms with E-state index < -0.39 is 16.6 Å². The van der Waals surface area contributed by atoms with Crippen molar-refractivity contribution >= 4 is 22.4 Å². The van der Waals surface area contributed by atoms with Crippen LogP contribution in [0.5, 0.6) is 0 Å². The summed E-state index contributed by atoms with van der Waals surface area (Å²) in [5.74, 6) is 2.88. The third-order valence-electron chi connectivity index (χ3n) is 8.19. The zero-order chi connectivity index (χ0) is 25.7. The van der Waals surface area contributed by atoms with Gasteiger partial charge in [0.15, 0.2) is 16.6 Å². The molecule has 0 amide bonds. The van der Waals surface area contributed by atoms with E-state index in [4.69, 9.17) is 15.3 Å². The molecule has 0 radical (unpaired) electrons. The highest BCUT2D eigenvalue weighted by molar-refractivity contribution is 6.74. The summed E-state index contributed by atoms with van der Waals surface area (Å²) in [6.45, 7) is 25.0. The molecule has 0 N–H and O–H groups in total. The predicted octanol–water partition coefficient (Wildman–Crippen LogP) is 8.13. The van der Waals surface area contributed by atoms with Crippen LogP contribution in [0.4, 0.5) is 0 Å². The number of Topliss-reactive ketones (excluding diaryl/α,β-unsaturated/α-hetero) is 1. The van der Waals surface area contributed by atoms with Crippen molar-refractivity contribution in [3.05, 3.63) is 12.2 Å². The summed E-state index contributed by atoms with van der Waals surface area (Å²) in [4.78, 5) is 12.9. The Bertz CT molecular complexity index is 704. The zero-order valence-corrected chi connectivity index (χ0v) is 25.5. The van der Waals surface area contributed by atoms with Crippen LogP contribution in [0.25, 0.3) is 0 Å². The molecule has 0 spiro atoms. The Morgan fingerprint density at radius 2 is 1.64 bits per heavy atom. The van der Waals surface area contributed by atoms with E-state index in [1.54, 1.807) is 0 Å². The Labute approximate surface area is 207 Å². The highest BCUT2D eigenvalue weighted by Crippen LogP contribution is 2.43. The SMILES string of the molecule is C#CC[C@H]1C(=O)C[C@@H](O[Si](C)(C)C(C)(C)C)[C@@H]1/C=C/[C@H](CCCCC)O[Si](C)(C)C(C)(C)C. The molecule has 4 atom stereocenters. The molecule has 1 aliphatic carbocycles. The first-order chi connectivity index (χ1) is 15.0. The van der Waals surface area contributed by atoms with Crippen molar-refractivity contribution in [1.29, 1.82) is 0 Å². The molecule has 1 fully saturated rings. The quantitative estimate of drug-likeness (QED) is 0.126. The lowest BCUT2D eigenvalue weighted by Crippen LogP contribution is -2.45. The lowest BCUT2D eigenvalue weighted by molar-refractivity contribution is -0.121. The molecule has 5 heteroatoms. The van der Waals surface area contributed by atoms with Crippen LogP contribution in [-0.4, -0.2) is 34.6 Å². The average molecular weight is 493 g/mol. The number of unbranched alkanes of at least 4 members (excludes halogenated alkanes) is 2. The summed E-state index contributed by atoms with van der Waals surface area (Å²) < 4.78 is 13.6. The number of terminal acetylenes is 1. The normalized spacial score (nSPS) is 23.8. The number of carbonyl (C=O) groups is 1. The van der Waals surface area contributed by atoms with Crippen molar-refractivity contribution in [2.45, 2.75) is 135 Å². The Morgan fingerprint density at radius 3 is 2.12 bits per heavy atom. The van der Waals surface area contributed by atoms with Crippen LogP contribution in [-0.2, 0) is 13.6 Å². The van der Waals surface area contributed by atoms with Gasteiger partial charge in [-0.3, -0.25) is 4.79 Å². The van der Waals surface area contributed by atoms with Crippen LogP contribution in [0, 0.1) is 24.2 Å². The second kappa shape index (κ2) is 11.8. The van der Waals surface area contributed by atoms with Gasteiger partial charge in [-0.15, -0.1) is 12.3 Å². The van der Waals surface area contributed by atoms with Gasteiger partial charge in [0.2, 0.25) is 0 Å². The predicted molar refractivity (Wildman–Crippen MR) is 147 cm³/mol. The van der Waals surface area contributed by atoms with Gasteiger partial charge < -0.3 is 8.85 Å². The minimum atomic E-state index is -2.00. The molecular weight excluding hydrogens is 440 g/mol. The molecule has 0 unspecified atom stereocenters. The summed E-state index contributed by atoms with van der Waals surface area (Å²) >= 11 is 0. The van der Waals surface area contributed by atoms with Crippen LogP contribution in [0.1, 0.15) is 87.0 Å². The van der Waals surface area contributed by atoms with Gasteiger partial charge >= 0.3 is 0 Å². The van der Waals surface area contributed by atoms with E-state index in [2.05, 4.69) is 92.7 Å². The van der Waals surface area contributed by atoms with Gasteiger partial charge in [0.1, 0.15) is 5.78 Å². The average Bonchev–Trinajstić information content (AvgIpc) is 2.92. The minimum absolute atomic E-state index is 0.0272. The maximum absolute atomic E-state index is 12.9. The maximum atomic E-state index is 12.9. The van der Waals surface area contributed by atoms with Gasteiger partial charge in [0, 0.05) is 24.7 Å². The van der Waals surface area contributed by atoms with Crippen molar-refractivity contribution in [3.63, 3.8) is 0 Å². The second-order valence-corrected chi connectivity index (χ2v) is 22.5. The van der Waals surface area contributed by atoms with Crippen molar-refractivity contribution in [2.75, 3.05) is 0 Å². The van der Waals surface area contributed by atoms with Gasteiger partial charge in [-0.1, -0.05) is 79.9 Å². The summed E-state index contributed by atoms with van der Waals surface area (Å²) in [7, 11) is -3.91. The third-order valence-corrected chi connectivity index (χ3v) is 17.2. The molecule has 190 valence electrons. The van der Waals surface area contributed by atoms with Gasteiger partial charge in [0.25, 0.3) is 0 Å². The Kier molecular flexibility index (Phi) is 10.9. The first-order valence-corrected chi connectivity index (χ1v) is 18.8. The van der Waals surface area contributed by atoms with Crippen LogP contribution in [0.3, 0.4) is 0 Å². The molecule has 1 aliphatic rings. The lowest BCUT2D eigenvalue weighted by Gasteiger charge is -2.40. The van der Waals surface area contributed by atoms with E-state index in [1.165, 1.54) is 12.8 Å². The van der Waals surface area contributed by atoms with Crippen LogP contribution >= 0.6 is 0 Å². The van der Waals surface area contributed by atoms with Gasteiger partial charge in [-0.05, 0) is 42.7 Å². The number of rotatable bonds is 11. The zero-order valence-electron chi connectivity index (χ0n) is 23.5. The van der Waals surface area contributed by atoms with Crippen LogP contribution in [0.15, 0.2) is 12.2 Å². The first-order valence-electron chi connectivity index (χ1n) is 13.0. The molecule has 0 aromatic rings. The van der Waals surface area contributed by atoms with E-state index in [0.717, 1.165) is 12.8 Å². The highest BCUT2D eigenvalue weighted by atomic mass is 28.4. The summed E-state index contributed by atoms with van der Waals surface area (Å²) in [5.41, 5.74) is 0. The van der Waals surface area contributed by atoms with Crippen molar-refractivity contribution in [2.24, 2.45) is 11.8 Å². The first kappa shape index (κ1) is 30.4. The summed E-state index contributed by atoms with van der Waals surface area (Å²) in [6.07, 6.45) is 15.7. The lowest BCUT2D eigenvalue weighted by atomic mass is 9.90. The highest BCUT2D eigenvalue weighted by Gasteiger charge is 2.47. The van der Waals surface area contributed by atoms with Crippen molar-refractivity contribution in [1.82, 2.24) is 0 Å². The fraction of sp³-hybridized carbons (Fsp3) is 0.821. The van der Waals surface area contributed by atoms with E-state index in [0.29, 0.717) is 12.8 Å². The molecular formula is C28H52O3Si2. The number of hydrogen-bond donors (Lipinski definition) is 0. The van der Waals surface area contributed by atoms with Gasteiger partial charge in [-0.25, -0.2) is 0 Å². The number of carbonyl (C=O) groups excluding carboxylic acids is 1. The van der Waals surface area contributed by atoms with Crippen LogP contribution in [0.2, 0.25) is 36.3 Å². The maximum Gasteiger partial charge on any atom is 0.192 e. The molecule has 0 aromatic carbocycles. The largest absolute Gasteiger partial charge is 0.413 e. The van der Waals surface area contributed by atoms with E-state index >= 15 is 0 Å². The van der Waals surface area contributed by atoms with E-state index in [9.17, 15) is 4.79 Å². The molecule has 33 heavy (non-hydrogen) atoms. The summed E-state index contributed by atoms with van der Waals surface area (Å²) in [5, 5.41) is 0.260. The smallest absolute Gasteiger partial charge is 0.192 e. The van der Waals surface area contributed by atoms with E-state index in [1.807, 2.05) is 0 Å². The van der Waals surface area contributed by atoms with E-state index in [-0.39, 0.29) is 39.9 Å². The molecule has 1 rings (SSSR count). The molecule has 0 aliphatic heterocycles. The van der Waals surface area contributed by atoms with Crippen molar-refractivity contribution in [3.8, 4) is 12.3 Å². The van der Waals surface area contributed by atoms with Crippen LogP contribution < -0.4 is 0 Å². The molecule has 0 bridgehead atoms. The molecule has 1 saturated carbocycles. The fourth-order valence-electron chi connectivity index (χ4n) is 3.87.